The number of imidazole rings is 1. The lowest BCUT2D eigenvalue weighted by atomic mass is 10.2. The number of likely N-dealkylation sites (tertiary alicyclic amines) is 1. The number of aromatic nitrogens is 3. The van der Waals surface area contributed by atoms with E-state index in [1.54, 1.807) is 0 Å². The summed E-state index contributed by atoms with van der Waals surface area (Å²) in [5.41, 5.74) is 1.89. The zero-order valence-corrected chi connectivity index (χ0v) is 13.4. The molecule has 0 bridgehead atoms. The van der Waals surface area contributed by atoms with Crippen molar-refractivity contribution < 1.29 is 0 Å². The van der Waals surface area contributed by atoms with Crippen molar-refractivity contribution in [3.8, 4) is 0 Å². The second-order valence-electron chi connectivity index (χ2n) is 5.70. The smallest absolute Gasteiger partial charge is 0.160 e. The maximum absolute atomic E-state index is 6.10. The molecule has 1 atom stereocenters. The van der Waals surface area contributed by atoms with Gasteiger partial charge in [0, 0.05) is 29.8 Å². The number of pyridine rings is 1. The molecule has 0 spiro atoms. The molecule has 4 rings (SSSR count). The molecule has 1 saturated carbocycles. The second kappa shape index (κ2) is 4.97. The van der Waals surface area contributed by atoms with Crippen LogP contribution in [0.2, 0.25) is 0 Å². The Morgan fingerprint density at radius 2 is 2.15 bits per heavy atom. The summed E-state index contributed by atoms with van der Waals surface area (Å²) in [6, 6.07) is 3.31. The molecule has 20 heavy (non-hydrogen) atoms. The molecule has 0 radical (unpaired) electrons. The van der Waals surface area contributed by atoms with Crippen LogP contribution in [-0.4, -0.2) is 38.6 Å². The van der Waals surface area contributed by atoms with E-state index in [4.69, 9.17) is 11.6 Å². The van der Waals surface area contributed by atoms with Crippen LogP contribution in [0.4, 0.5) is 0 Å². The quantitative estimate of drug-likeness (QED) is 0.792. The van der Waals surface area contributed by atoms with Crippen molar-refractivity contribution in [3.05, 3.63) is 22.6 Å². The van der Waals surface area contributed by atoms with Crippen molar-refractivity contribution in [2.45, 2.75) is 37.2 Å². The van der Waals surface area contributed by atoms with Crippen molar-refractivity contribution in [2.75, 3.05) is 13.1 Å². The van der Waals surface area contributed by atoms with Gasteiger partial charge in [-0.05, 0) is 41.3 Å². The van der Waals surface area contributed by atoms with E-state index in [-0.39, 0.29) is 0 Å². The summed E-state index contributed by atoms with van der Waals surface area (Å²) in [4.78, 5) is 11.8. The Bertz CT molecular complexity index is 652. The Balaban J connectivity index is 1.74. The molecule has 2 aromatic heterocycles. The van der Waals surface area contributed by atoms with Crippen molar-refractivity contribution in [1.82, 2.24) is 19.4 Å². The number of rotatable bonds is 3. The molecule has 0 N–H and O–H groups in total. The molecule has 0 aromatic carbocycles. The van der Waals surface area contributed by atoms with Crippen molar-refractivity contribution >= 4 is 38.7 Å². The van der Waals surface area contributed by atoms with Gasteiger partial charge in [-0.25, -0.2) is 9.97 Å². The summed E-state index contributed by atoms with van der Waals surface area (Å²) in [7, 11) is 0. The highest BCUT2D eigenvalue weighted by Gasteiger charge is 2.36. The van der Waals surface area contributed by atoms with Gasteiger partial charge in [-0.1, -0.05) is 0 Å². The van der Waals surface area contributed by atoms with Crippen LogP contribution in [0.15, 0.2) is 16.7 Å². The zero-order chi connectivity index (χ0) is 13.7. The molecule has 2 aromatic rings. The monoisotopic (exact) mass is 354 g/mol. The lowest BCUT2D eigenvalue weighted by Crippen LogP contribution is -2.24. The Labute approximate surface area is 131 Å². The molecule has 6 heteroatoms. The molecule has 1 aliphatic carbocycles. The van der Waals surface area contributed by atoms with E-state index in [1.807, 2.05) is 12.3 Å². The molecular formula is C14H16BrClN4. The second-order valence-corrected chi connectivity index (χ2v) is 6.88. The highest BCUT2D eigenvalue weighted by atomic mass is 79.9. The summed E-state index contributed by atoms with van der Waals surface area (Å²) in [6.45, 7) is 2.30. The van der Waals surface area contributed by atoms with Crippen LogP contribution in [0, 0.1) is 0 Å². The predicted molar refractivity (Wildman–Crippen MR) is 83.0 cm³/mol. The fraction of sp³-hybridized carbons (Fsp3) is 0.571. The molecule has 4 nitrogen and oxygen atoms in total. The van der Waals surface area contributed by atoms with Crippen LogP contribution in [-0.2, 0) is 5.88 Å². The minimum Gasteiger partial charge on any atom is -0.307 e. The van der Waals surface area contributed by atoms with Gasteiger partial charge in [0.1, 0.15) is 11.3 Å². The topological polar surface area (TPSA) is 34.0 Å². The lowest BCUT2D eigenvalue weighted by Gasteiger charge is -2.17. The third kappa shape index (κ3) is 2.16. The average Bonchev–Trinajstić information content (AvgIpc) is 3.07. The summed E-state index contributed by atoms with van der Waals surface area (Å²) in [5.74, 6) is 1.38. The molecule has 106 valence electrons. The van der Waals surface area contributed by atoms with Gasteiger partial charge in [0.05, 0.1) is 11.9 Å². The number of halogens is 2. The molecular weight excluding hydrogens is 340 g/mol. The highest BCUT2D eigenvalue weighted by Crippen LogP contribution is 2.35. The van der Waals surface area contributed by atoms with Gasteiger partial charge < -0.3 is 4.57 Å². The number of nitrogens with zero attached hydrogens (tertiary/aromatic N) is 4. The molecule has 1 aliphatic heterocycles. The number of hydrogen-bond acceptors (Lipinski definition) is 3. The summed E-state index contributed by atoms with van der Waals surface area (Å²) in [5, 5.41) is 0. The van der Waals surface area contributed by atoms with E-state index in [1.165, 1.54) is 25.8 Å². The fourth-order valence-electron chi connectivity index (χ4n) is 3.23. The van der Waals surface area contributed by atoms with Gasteiger partial charge in [0.15, 0.2) is 5.65 Å². The van der Waals surface area contributed by atoms with Gasteiger partial charge in [-0.15, -0.1) is 11.6 Å². The van der Waals surface area contributed by atoms with E-state index in [0.29, 0.717) is 11.9 Å². The number of alkyl halides is 1. The summed E-state index contributed by atoms with van der Waals surface area (Å²) >= 11 is 9.55. The summed E-state index contributed by atoms with van der Waals surface area (Å²) < 4.78 is 3.22. The Kier molecular flexibility index (Phi) is 3.24. The first-order valence-electron chi connectivity index (χ1n) is 7.08. The molecule has 1 saturated heterocycles. The first kappa shape index (κ1) is 13.0. The van der Waals surface area contributed by atoms with Gasteiger partial charge in [0.25, 0.3) is 0 Å². The number of fused-ring (bicyclic) bond motifs is 1. The van der Waals surface area contributed by atoms with Crippen LogP contribution in [0.1, 0.15) is 31.1 Å². The third-order valence-electron chi connectivity index (χ3n) is 4.31. The van der Waals surface area contributed by atoms with Crippen LogP contribution in [0.25, 0.3) is 11.2 Å². The Morgan fingerprint density at radius 1 is 1.30 bits per heavy atom. The standard InChI is InChI=1S/C14H16BrClN4/c15-9-5-12-14(17-7-9)20(13(6-16)18-12)11-3-4-19(8-11)10-1-2-10/h5,7,10-11H,1-4,6,8H2. The normalized spacial score (nSPS) is 23.8. The third-order valence-corrected chi connectivity index (χ3v) is 4.99. The zero-order valence-electron chi connectivity index (χ0n) is 11.1. The Hall–Kier alpha value is -0.650. The van der Waals surface area contributed by atoms with Crippen molar-refractivity contribution in [1.29, 1.82) is 0 Å². The highest BCUT2D eigenvalue weighted by molar-refractivity contribution is 9.10. The largest absolute Gasteiger partial charge is 0.307 e. The van der Waals surface area contributed by atoms with Gasteiger partial charge in [0.2, 0.25) is 0 Å². The van der Waals surface area contributed by atoms with Crippen molar-refractivity contribution in [2.24, 2.45) is 0 Å². The first-order chi connectivity index (χ1) is 9.76. The van der Waals surface area contributed by atoms with E-state index < -0.39 is 0 Å². The number of hydrogen-bond donors (Lipinski definition) is 0. The molecule has 2 fully saturated rings. The molecule has 2 aliphatic rings. The molecule has 1 unspecified atom stereocenters. The van der Waals surface area contributed by atoms with Crippen LogP contribution in [0.3, 0.4) is 0 Å². The Morgan fingerprint density at radius 3 is 2.90 bits per heavy atom. The SMILES string of the molecule is ClCc1nc2cc(Br)cnc2n1C1CCN(C2CC2)C1. The lowest BCUT2D eigenvalue weighted by molar-refractivity contribution is 0.314. The van der Waals surface area contributed by atoms with Crippen molar-refractivity contribution in [3.63, 3.8) is 0 Å². The van der Waals surface area contributed by atoms with E-state index in [0.717, 1.165) is 34.0 Å². The predicted octanol–water partition coefficient (Wildman–Crippen LogP) is 3.34. The molecule has 3 heterocycles. The summed E-state index contributed by atoms with van der Waals surface area (Å²) in [6.07, 6.45) is 5.74. The van der Waals surface area contributed by atoms with Crippen LogP contribution >= 0.6 is 27.5 Å². The van der Waals surface area contributed by atoms with Crippen LogP contribution in [0.5, 0.6) is 0 Å². The van der Waals surface area contributed by atoms with Gasteiger partial charge >= 0.3 is 0 Å². The minimum atomic E-state index is 0.438. The van der Waals surface area contributed by atoms with E-state index in [9.17, 15) is 0 Å². The minimum absolute atomic E-state index is 0.438. The fourth-order valence-corrected chi connectivity index (χ4v) is 3.74. The van der Waals surface area contributed by atoms with Crippen LogP contribution < -0.4 is 0 Å². The van der Waals surface area contributed by atoms with E-state index in [2.05, 4.69) is 35.4 Å². The van der Waals surface area contributed by atoms with Gasteiger partial charge in [-0.3, -0.25) is 4.90 Å². The van der Waals surface area contributed by atoms with E-state index >= 15 is 0 Å². The first-order valence-corrected chi connectivity index (χ1v) is 8.41. The average molecular weight is 356 g/mol. The maximum Gasteiger partial charge on any atom is 0.160 e. The van der Waals surface area contributed by atoms with Gasteiger partial charge in [-0.2, -0.15) is 0 Å². The maximum atomic E-state index is 6.10. The molecule has 0 amide bonds.